The highest BCUT2D eigenvalue weighted by Gasteiger charge is 2.44. The normalized spacial score (nSPS) is 46.0. The predicted molar refractivity (Wildman–Crippen MR) is 68.4 cm³/mol. The van der Waals surface area contributed by atoms with Gasteiger partial charge in [0, 0.05) is 18.6 Å². The van der Waals surface area contributed by atoms with Gasteiger partial charge in [-0.3, -0.25) is 4.90 Å². The average molecular weight is 232 g/mol. The van der Waals surface area contributed by atoms with Crippen LogP contribution in [-0.2, 0) is 0 Å². The van der Waals surface area contributed by atoms with Gasteiger partial charge in [-0.15, -0.1) is 0 Å². The lowest BCUT2D eigenvalue weighted by molar-refractivity contribution is 0.0724. The molecule has 5 unspecified atom stereocenters. The van der Waals surface area contributed by atoms with Gasteiger partial charge in [0.25, 0.3) is 0 Å². The molecule has 0 radical (unpaired) electrons. The summed E-state index contributed by atoms with van der Waals surface area (Å²) >= 11 is 0. The van der Waals surface area contributed by atoms with Crippen LogP contribution in [-0.4, -0.2) is 23.5 Å². The number of piperidine rings is 1. The highest BCUT2D eigenvalue weighted by molar-refractivity contribution is 5.03. The number of nitriles is 1. The van der Waals surface area contributed by atoms with Crippen molar-refractivity contribution in [1.29, 1.82) is 5.26 Å². The van der Waals surface area contributed by atoms with E-state index in [0.717, 1.165) is 24.3 Å². The SMILES string of the molecule is CCC1CCC(C#N)C(N2CC3CCC2C3)C1. The van der Waals surface area contributed by atoms with Crippen molar-refractivity contribution >= 4 is 0 Å². The standard InChI is InChI=1S/C15H24N2/c1-2-11-3-5-13(9-16)15(8-11)17-10-12-4-6-14(17)7-12/h11-15H,2-8,10H2,1H3. The molecule has 1 heterocycles. The summed E-state index contributed by atoms with van der Waals surface area (Å²) in [7, 11) is 0. The molecule has 2 nitrogen and oxygen atoms in total. The molecule has 0 spiro atoms. The van der Waals surface area contributed by atoms with Crippen LogP contribution in [0.4, 0.5) is 0 Å². The number of hydrogen-bond acceptors (Lipinski definition) is 2. The molecule has 0 aromatic heterocycles. The van der Waals surface area contributed by atoms with Gasteiger partial charge in [-0.2, -0.15) is 5.26 Å². The maximum Gasteiger partial charge on any atom is 0.0672 e. The molecule has 3 aliphatic rings. The first kappa shape index (κ1) is 11.5. The number of nitrogens with zero attached hydrogens (tertiary/aromatic N) is 2. The van der Waals surface area contributed by atoms with Gasteiger partial charge in [0.15, 0.2) is 0 Å². The van der Waals surface area contributed by atoms with Crippen LogP contribution in [0.3, 0.4) is 0 Å². The van der Waals surface area contributed by atoms with Gasteiger partial charge in [-0.05, 0) is 50.4 Å². The Morgan fingerprint density at radius 3 is 2.65 bits per heavy atom. The minimum absolute atomic E-state index is 0.317. The topological polar surface area (TPSA) is 27.0 Å². The second-order valence-electron chi connectivity index (χ2n) is 6.42. The Labute approximate surface area is 105 Å². The quantitative estimate of drug-likeness (QED) is 0.731. The summed E-state index contributed by atoms with van der Waals surface area (Å²) < 4.78 is 0. The fourth-order valence-electron chi connectivity index (χ4n) is 4.49. The monoisotopic (exact) mass is 232 g/mol. The Hall–Kier alpha value is -0.550. The molecule has 0 N–H and O–H groups in total. The summed E-state index contributed by atoms with van der Waals surface area (Å²) in [6.45, 7) is 3.61. The maximum absolute atomic E-state index is 9.37. The summed E-state index contributed by atoms with van der Waals surface area (Å²) in [4.78, 5) is 2.73. The minimum atomic E-state index is 0.317. The van der Waals surface area contributed by atoms with E-state index in [9.17, 15) is 5.26 Å². The molecule has 1 saturated heterocycles. The zero-order valence-electron chi connectivity index (χ0n) is 10.9. The van der Waals surface area contributed by atoms with E-state index < -0.39 is 0 Å². The van der Waals surface area contributed by atoms with Gasteiger partial charge in [0.05, 0.1) is 12.0 Å². The number of likely N-dealkylation sites (tertiary alicyclic amines) is 1. The summed E-state index contributed by atoms with van der Waals surface area (Å²) in [5.74, 6) is 2.15. The summed E-state index contributed by atoms with van der Waals surface area (Å²) in [6, 6.07) is 4.02. The summed E-state index contributed by atoms with van der Waals surface area (Å²) in [5, 5.41) is 9.37. The van der Waals surface area contributed by atoms with Crippen LogP contribution in [0, 0.1) is 29.1 Å². The summed E-state index contributed by atoms with van der Waals surface area (Å²) in [6.07, 6.45) is 9.29. The summed E-state index contributed by atoms with van der Waals surface area (Å²) in [5.41, 5.74) is 0. The largest absolute Gasteiger partial charge is 0.296 e. The Bertz CT molecular complexity index is 319. The van der Waals surface area contributed by atoms with E-state index in [1.54, 1.807) is 0 Å². The Kier molecular flexibility index (Phi) is 3.13. The van der Waals surface area contributed by atoms with E-state index in [4.69, 9.17) is 0 Å². The van der Waals surface area contributed by atoms with E-state index >= 15 is 0 Å². The molecule has 1 aliphatic heterocycles. The minimum Gasteiger partial charge on any atom is -0.296 e. The van der Waals surface area contributed by atoms with Crippen molar-refractivity contribution in [2.75, 3.05) is 6.54 Å². The molecule has 0 aromatic rings. The second-order valence-corrected chi connectivity index (χ2v) is 6.42. The molecule has 94 valence electrons. The van der Waals surface area contributed by atoms with Crippen LogP contribution in [0.1, 0.15) is 51.9 Å². The molecule has 3 fully saturated rings. The molecule has 3 rings (SSSR count). The van der Waals surface area contributed by atoms with E-state index in [2.05, 4.69) is 17.9 Å². The number of rotatable bonds is 2. The van der Waals surface area contributed by atoms with Gasteiger partial charge in [-0.1, -0.05) is 13.3 Å². The van der Waals surface area contributed by atoms with Crippen molar-refractivity contribution in [2.24, 2.45) is 17.8 Å². The molecular formula is C15H24N2. The van der Waals surface area contributed by atoms with E-state index in [-0.39, 0.29) is 0 Å². The molecular weight excluding hydrogens is 208 g/mol. The molecule has 2 heteroatoms. The maximum atomic E-state index is 9.37. The third-order valence-electron chi connectivity index (χ3n) is 5.55. The molecule has 17 heavy (non-hydrogen) atoms. The predicted octanol–water partition coefficient (Wildman–Crippen LogP) is 3.19. The van der Waals surface area contributed by atoms with Crippen LogP contribution in [0.2, 0.25) is 0 Å². The molecule has 5 atom stereocenters. The number of hydrogen-bond donors (Lipinski definition) is 0. The van der Waals surface area contributed by atoms with Crippen LogP contribution < -0.4 is 0 Å². The van der Waals surface area contributed by atoms with Gasteiger partial charge in [0.2, 0.25) is 0 Å². The van der Waals surface area contributed by atoms with Crippen LogP contribution in [0.15, 0.2) is 0 Å². The third kappa shape index (κ3) is 1.99. The first-order chi connectivity index (χ1) is 8.31. The van der Waals surface area contributed by atoms with Crippen molar-refractivity contribution in [3.05, 3.63) is 0 Å². The van der Waals surface area contributed by atoms with E-state index in [0.29, 0.717) is 12.0 Å². The van der Waals surface area contributed by atoms with Gasteiger partial charge >= 0.3 is 0 Å². The Morgan fingerprint density at radius 2 is 2.06 bits per heavy atom. The Morgan fingerprint density at radius 1 is 1.18 bits per heavy atom. The van der Waals surface area contributed by atoms with Crippen molar-refractivity contribution in [2.45, 2.75) is 64.0 Å². The fraction of sp³-hybridized carbons (Fsp3) is 0.933. The first-order valence-electron chi connectivity index (χ1n) is 7.47. The van der Waals surface area contributed by atoms with Gasteiger partial charge < -0.3 is 0 Å². The average Bonchev–Trinajstić information content (AvgIpc) is 3.00. The third-order valence-corrected chi connectivity index (χ3v) is 5.55. The lowest BCUT2D eigenvalue weighted by Crippen LogP contribution is -2.47. The van der Waals surface area contributed by atoms with Crippen LogP contribution in [0.5, 0.6) is 0 Å². The van der Waals surface area contributed by atoms with E-state index in [1.165, 1.54) is 45.1 Å². The smallest absolute Gasteiger partial charge is 0.0672 e. The van der Waals surface area contributed by atoms with Gasteiger partial charge in [-0.25, -0.2) is 0 Å². The lowest BCUT2D eigenvalue weighted by atomic mass is 9.76. The molecule has 2 saturated carbocycles. The molecule has 0 amide bonds. The zero-order valence-corrected chi connectivity index (χ0v) is 10.9. The fourth-order valence-corrected chi connectivity index (χ4v) is 4.49. The zero-order chi connectivity index (χ0) is 11.8. The van der Waals surface area contributed by atoms with Crippen LogP contribution >= 0.6 is 0 Å². The molecule has 2 aliphatic carbocycles. The first-order valence-corrected chi connectivity index (χ1v) is 7.47. The van der Waals surface area contributed by atoms with E-state index in [1.807, 2.05) is 0 Å². The van der Waals surface area contributed by atoms with Crippen LogP contribution in [0.25, 0.3) is 0 Å². The number of fused-ring (bicyclic) bond motifs is 2. The molecule has 2 bridgehead atoms. The van der Waals surface area contributed by atoms with Gasteiger partial charge in [0.1, 0.15) is 0 Å². The lowest BCUT2D eigenvalue weighted by Gasteiger charge is -2.42. The van der Waals surface area contributed by atoms with Crippen molar-refractivity contribution in [3.8, 4) is 6.07 Å². The second kappa shape index (κ2) is 4.61. The highest BCUT2D eigenvalue weighted by atomic mass is 15.2. The Balaban J connectivity index is 1.72. The van der Waals surface area contributed by atoms with Crippen molar-refractivity contribution in [3.63, 3.8) is 0 Å². The highest BCUT2D eigenvalue weighted by Crippen LogP contribution is 2.43. The molecule has 0 aromatic carbocycles. The van der Waals surface area contributed by atoms with Crippen molar-refractivity contribution < 1.29 is 0 Å². The van der Waals surface area contributed by atoms with Crippen molar-refractivity contribution in [1.82, 2.24) is 4.90 Å².